The fourth-order valence-electron chi connectivity index (χ4n) is 1.88. The van der Waals surface area contributed by atoms with Gasteiger partial charge in [-0.15, -0.1) is 0 Å². The van der Waals surface area contributed by atoms with Crippen molar-refractivity contribution in [3.05, 3.63) is 35.9 Å². The fraction of sp³-hybridized carbons (Fsp3) is 0.333. The molecule has 0 saturated carbocycles. The van der Waals surface area contributed by atoms with Gasteiger partial charge in [-0.1, -0.05) is 42.1 Å². The van der Waals surface area contributed by atoms with Gasteiger partial charge in [0.2, 0.25) is 0 Å². The third-order valence-corrected chi connectivity index (χ3v) is 3.51. The van der Waals surface area contributed by atoms with Crippen molar-refractivity contribution in [1.29, 1.82) is 0 Å². The molecule has 1 unspecified atom stereocenters. The predicted molar refractivity (Wildman–Crippen MR) is 70.6 cm³/mol. The third kappa shape index (κ3) is 1.85. The molecule has 5 heteroatoms. The summed E-state index contributed by atoms with van der Waals surface area (Å²) in [5.41, 5.74) is 2.97. The molecule has 1 aromatic rings. The summed E-state index contributed by atoms with van der Waals surface area (Å²) in [5, 5.41) is 2.20. The number of benzene rings is 1. The van der Waals surface area contributed by atoms with Crippen molar-refractivity contribution in [2.75, 3.05) is 13.3 Å². The molecule has 17 heavy (non-hydrogen) atoms. The summed E-state index contributed by atoms with van der Waals surface area (Å²) < 4.78 is 0. The molecule has 1 atom stereocenters. The number of aliphatic imine (C=N–C) groups is 1. The Kier molecular flexibility index (Phi) is 3.22. The van der Waals surface area contributed by atoms with Gasteiger partial charge in [-0.05, 0) is 18.7 Å². The predicted octanol–water partition coefficient (Wildman–Crippen LogP) is 1.60. The smallest absolute Gasteiger partial charge is 0.270 e. The minimum Gasteiger partial charge on any atom is -0.270 e. The Balaban J connectivity index is 2.46. The van der Waals surface area contributed by atoms with Crippen LogP contribution in [0.5, 0.6) is 0 Å². The van der Waals surface area contributed by atoms with E-state index >= 15 is 0 Å². The average molecular weight is 249 g/mol. The highest BCUT2D eigenvalue weighted by molar-refractivity contribution is 8.13. The number of nitrogens with one attached hydrogen (secondary N) is 1. The molecule has 4 nitrogen and oxygen atoms in total. The summed E-state index contributed by atoms with van der Waals surface area (Å²) in [6.45, 7) is 1.85. The number of amides is 1. The molecule has 1 aliphatic rings. The van der Waals surface area contributed by atoms with E-state index in [2.05, 4.69) is 10.4 Å². The fourth-order valence-corrected chi connectivity index (χ4v) is 2.51. The van der Waals surface area contributed by atoms with Gasteiger partial charge in [-0.3, -0.25) is 4.79 Å². The molecule has 0 saturated heterocycles. The van der Waals surface area contributed by atoms with Crippen molar-refractivity contribution in [2.45, 2.75) is 12.5 Å². The number of nitrogens with zero attached hydrogens (tertiary/aromatic N) is 2. The Hall–Kier alpha value is -1.33. The first-order chi connectivity index (χ1) is 8.13. The second-order valence-electron chi connectivity index (χ2n) is 3.90. The third-order valence-electron chi connectivity index (χ3n) is 2.87. The van der Waals surface area contributed by atoms with E-state index in [0.29, 0.717) is 5.17 Å². The van der Waals surface area contributed by atoms with Crippen LogP contribution in [0.1, 0.15) is 12.5 Å². The molecule has 0 radical (unpaired) electrons. The van der Waals surface area contributed by atoms with E-state index in [1.54, 1.807) is 7.05 Å². The number of hydrazine groups is 1. The Labute approximate surface area is 105 Å². The van der Waals surface area contributed by atoms with Crippen LogP contribution >= 0.6 is 11.8 Å². The number of carbonyl (C=O) groups excluding carboxylic acids is 1. The number of thioether (sulfide) groups is 1. The van der Waals surface area contributed by atoms with Crippen molar-refractivity contribution < 1.29 is 4.79 Å². The first kappa shape index (κ1) is 12.1. The van der Waals surface area contributed by atoms with Gasteiger partial charge in [0.1, 0.15) is 0 Å². The largest absolute Gasteiger partial charge is 0.275 e. The first-order valence-corrected chi connectivity index (χ1v) is 6.57. The maximum absolute atomic E-state index is 12.4. The molecule has 1 amide bonds. The van der Waals surface area contributed by atoms with Gasteiger partial charge in [0.25, 0.3) is 5.91 Å². The summed E-state index contributed by atoms with van der Waals surface area (Å²) in [4.78, 5) is 16.9. The number of carbonyl (C=O) groups is 1. The Morgan fingerprint density at radius 2 is 2.00 bits per heavy atom. The van der Waals surface area contributed by atoms with Crippen molar-refractivity contribution in [3.8, 4) is 0 Å². The molecule has 1 aromatic carbocycles. The molecule has 1 aliphatic heterocycles. The van der Waals surface area contributed by atoms with Crippen molar-refractivity contribution >= 4 is 22.8 Å². The second-order valence-corrected chi connectivity index (χ2v) is 4.67. The maximum Gasteiger partial charge on any atom is 0.275 e. The van der Waals surface area contributed by atoms with Crippen LogP contribution in [0.15, 0.2) is 35.3 Å². The highest BCUT2D eigenvalue weighted by Gasteiger charge is 2.45. The maximum atomic E-state index is 12.4. The van der Waals surface area contributed by atoms with E-state index in [0.717, 1.165) is 5.56 Å². The number of hydrogen-bond donors (Lipinski definition) is 1. The lowest BCUT2D eigenvalue weighted by Crippen LogP contribution is -2.45. The zero-order valence-electron chi connectivity index (χ0n) is 10.1. The normalized spacial score (nSPS) is 24.1. The second kappa shape index (κ2) is 4.50. The van der Waals surface area contributed by atoms with E-state index in [4.69, 9.17) is 0 Å². The van der Waals surface area contributed by atoms with Crippen LogP contribution in [-0.4, -0.2) is 29.4 Å². The first-order valence-electron chi connectivity index (χ1n) is 5.35. The van der Waals surface area contributed by atoms with Crippen LogP contribution in [-0.2, 0) is 10.3 Å². The topological polar surface area (TPSA) is 44.7 Å². The van der Waals surface area contributed by atoms with Crippen LogP contribution in [0.25, 0.3) is 0 Å². The Bertz CT molecular complexity index is 460. The zero-order valence-corrected chi connectivity index (χ0v) is 10.9. The van der Waals surface area contributed by atoms with Gasteiger partial charge in [0.05, 0.1) is 0 Å². The zero-order chi connectivity index (χ0) is 12.5. The van der Waals surface area contributed by atoms with Crippen LogP contribution in [0.3, 0.4) is 0 Å². The van der Waals surface area contributed by atoms with Gasteiger partial charge >= 0.3 is 0 Å². The number of amidine groups is 1. The molecule has 0 aliphatic carbocycles. The van der Waals surface area contributed by atoms with Gasteiger partial charge in [-0.25, -0.2) is 15.4 Å². The molecule has 90 valence electrons. The summed E-state index contributed by atoms with van der Waals surface area (Å²) in [6.07, 6.45) is 1.91. The molecule has 0 bridgehead atoms. The lowest BCUT2D eigenvalue weighted by molar-refractivity contribution is -0.132. The average Bonchev–Trinajstić information content (AvgIpc) is 2.63. The lowest BCUT2D eigenvalue weighted by atomic mass is 9.93. The Morgan fingerprint density at radius 3 is 2.47 bits per heavy atom. The van der Waals surface area contributed by atoms with Crippen LogP contribution < -0.4 is 5.43 Å². The van der Waals surface area contributed by atoms with E-state index in [1.807, 2.05) is 43.5 Å². The molecular formula is C12H15N3OS. The Morgan fingerprint density at radius 1 is 1.35 bits per heavy atom. The minimum atomic E-state index is -0.817. The van der Waals surface area contributed by atoms with Crippen LogP contribution in [0.2, 0.25) is 0 Å². The van der Waals surface area contributed by atoms with E-state index in [1.165, 1.54) is 16.8 Å². The van der Waals surface area contributed by atoms with Crippen LogP contribution in [0.4, 0.5) is 0 Å². The summed E-state index contributed by atoms with van der Waals surface area (Å²) in [6, 6.07) is 9.63. The van der Waals surface area contributed by atoms with Gasteiger partial charge in [-0.2, -0.15) is 0 Å². The number of hydrogen-bond acceptors (Lipinski definition) is 4. The molecule has 2 rings (SSSR count). The van der Waals surface area contributed by atoms with Gasteiger partial charge < -0.3 is 0 Å². The highest BCUT2D eigenvalue weighted by Crippen LogP contribution is 2.34. The van der Waals surface area contributed by atoms with Gasteiger partial charge in [0, 0.05) is 7.05 Å². The lowest BCUT2D eigenvalue weighted by Gasteiger charge is -2.21. The molecule has 1 heterocycles. The molecule has 0 aromatic heterocycles. The van der Waals surface area contributed by atoms with Crippen molar-refractivity contribution in [3.63, 3.8) is 0 Å². The summed E-state index contributed by atoms with van der Waals surface area (Å²) in [7, 11) is 1.72. The van der Waals surface area contributed by atoms with E-state index in [-0.39, 0.29) is 5.91 Å². The molecule has 0 spiro atoms. The SMILES string of the molecule is CNN1C(=O)C(C)(c2ccccc2)N=C1SC. The molecule has 0 fully saturated rings. The standard InChI is InChI=1S/C12H15N3OS/c1-12(9-7-5-4-6-8-9)10(16)15(13-2)11(14-12)17-3/h4-8,13H,1-3H3. The van der Waals surface area contributed by atoms with E-state index in [9.17, 15) is 4.79 Å². The highest BCUT2D eigenvalue weighted by atomic mass is 32.2. The summed E-state index contributed by atoms with van der Waals surface area (Å²) >= 11 is 1.46. The summed E-state index contributed by atoms with van der Waals surface area (Å²) in [5.74, 6) is -0.0458. The minimum absolute atomic E-state index is 0.0458. The van der Waals surface area contributed by atoms with Crippen molar-refractivity contribution in [1.82, 2.24) is 10.4 Å². The molecule has 1 N–H and O–H groups in total. The molecular weight excluding hydrogens is 234 g/mol. The monoisotopic (exact) mass is 249 g/mol. The van der Waals surface area contributed by atoms with Crippen LogP contribution in [0, 0.1) is 0 Å². The van der Waals surface area contributed by atoms with Gasteiger partial charge in [0.15, 0.2) is 10.7 Å². The van der Waals surface area contributed by atoms with Crippen molar-refractivity contribution in [2.24, 2.45) is 4.99 Å². The number of rotatable bonds is 2. The van der Waals surface area contributed by atoms with E-state index < -0.39 is 5.54 Å². The quantitative estimate of drug-likeness (QED) is 0.866.